The first kappa shape index (κ1) is 9.96. The number of ketones is 1. The number of carboxylic acids is 1. The van der Waals surface area contributed by atoms with Crippen LogP contribution in [0.1, 0.15) is 29.8 Å². The monoisotopic (exact) mass is 207 g/mol. The molecule has 4 heteroatoms. The molecule has 1 heterocycles. The average molecular weight is 207 g/mol. The van der Waals surface area contributed by atoms with E-state index in [4.69, 9.17) is 0 Å². The zero-order valence-corrected chi connectivity index (χ0v) is 8.76. The second-order valence-electron chi connectivity index (χ2n) is 4.27. The number of hydrogen-bond donors (Lipinski definition) is 2. The zero-order valence-electron chi connectivity index (χ0n) is 8.76. The van der Waals surface area contributed by atoms with E-state index >= 15 is 0 Å². The number of carbonyl (C=O) groups excluding carboxylic acids is 1. The van der Waals surface area contributed by atoms with Gasteiger partial charge in [-0.2, -0.15) is 0 Å². The third kappa shape index (κ3) is 1.28. The summed E-state index contributed by atoms with van der Waals surface area (Å²) in [4.78, 5) is 25.4. The van der Waals surface area contributed by atoms with Gasteiger partial charge in [-0.3, -0.25) is 9.59 Å². The number of Topliss-reactive ketones (excluding diaryl/α,β-unsaturated/α-hetero) is 1. The van der Waals surface area contributed by atoms with Gasteiger partial charge < -0.3 is 10.1 Å². The molecule has 1 saturated carbocycles. The van der Waals surface area contributed by atoms with Crippen LogP contribution in [-0.4, -0.2) is 21.8 Å². The number of H-pyrrole nitrogens is 1. The predicted molar refractivity (Wildman–Crippen MR) is 53.8 cm³/mol. The highest BCUT2D eigenvalue weighted by Gasteiger charge is 2.52. The summed E-state index contributed by atoms with van der Waals surface area (Å²) in [5.74, 6) is -0.875. The van der Waals surface area contributed by atoms with Crippen LogP contribution < -0.4 is 0 Å². The van der Waals surface area contributed by atoms with Crippen LogP contribution in [0.15, 0.2) is 6.07 Å². The lowest BCUT2D eigenvalue weighted by molar-refractivity contribution is -0.153. The van der Waals surface area contributed by atoms with Gasteiger partial charge in [0.05, 0.1) is 0 Å². The molecule has 4 nitrogen and oxygen atoms in total. The van der Waals surface area contributed by atoms with Gasteiger partial charge in [-0.1, -0.05) is 0 Å². The summed E-state index contributed by atoms with van der Waals surface area (Å²) in [5, 5.41) is 9.22. The van der Waals surface area contributed by atoms with Crippen molar-refractivity contribution in [3.63, 3.8) is 0 Å². The maximum atomic E-state index is 11.2. The first-order valence-electron chi connectivity index (χ1n) is 4.87. The second kappa shape index (κ2) is 2.95. The van der Waals surface area contributed by atoms with E-state index in [0.29, 0.717) is 0 Å². The fourth-order valence-electron chi connectivity index (χ4n) is 2.30. The van der Waals surface area contributed by atoms with Crippen LogP contribution in [0.3, 0.4) is 0 Å². The van der Waals surface area contributed by atoms with E-state index in [1.54, 1.807) is 0 Å². The topological polar surface area (TPSA) is 70.2 Å². The SMILES string of the molecule is Cc1cc(C2(C(=O)O)CC(=O)C2)c(C)[nH]1. The molecular formula is C11H13NO3. The van der Waals surface area contributed by atoms with Crippen molar-refractivity contribution in [1.29, 1.82) is 0 Å². The van der Waals surface area contributed by atoms with Gasteiger partial charge in [-0.15, -0.1) is 0 Å². The molecule has 1 aliphatic carbocycles. The van der Waals surface area contributed by atoms with Crippen LogP contribution >= 0.6 is 0 Å². The summed E-state index contributed by atoms with van der Waals surface area (Å²) < 4.78 is 0. The molecule has 0 bridgehead atoms. The Morgan fingerprint density at radius 2 is 2.07 bits per heavy atom. The average Bonchev–Trinajstić information content (AvgIpc) is 2.39. The van der Waals surface area contributed by atoms with E-state index in [1.165, 1.54) is 0 Å². The van der Waals surface area contributed by atoms with Crippen molar-refractivity contribution in [2.45, 2.75) is 32.1 Å². The van der Waals surface area contributed by atoms with Crippen molar-refractivity contribution >= 4 is 11.8 Å². The molecule has 0 spiro atoms. The Morgan fingerprint density at radius 3 is 2.40 bits per heavy atom. The van der Waals surface area contributed by atoms with Crippen LogP contribution in [0, 0.1) is 13.8 Å². The Balaban J connectivity index is 2.47. The molecule has 1 aliphatic rings. The number of hydrogen-bond acceptors (Lipinski definition) is 2. The van der Waals surface area contributed by atoms with Gasteiger partial charge in [0.1, 0.15) is 11.2 Å². The highest BCUT2D eigenvalue weighted by atomic mass is 16.4. The molecule has 80 valence electrons. The minimum absolute atomic E-state index is 0.0238. The zero-order chi connectivity index (χ0) is 11.2. The summed E-state index contributed by atoms with van der Waals surface area (Å²) in [6.07, 6.45) is 0.251. The Labute approximate surface area is 87.3 Å². The molecule has 0 aliphatic heterocycles. The minimum atomic E-state index is -0.966. The second-order valence-corrected chi connectivity index (χ2v) is 4.27. The Hall–Kier alpha value is -1.58. The fourth-order valence-corrected chi connectivity index (χ4v) is 2.30. The number of carboxylic acid groups (broad SMARTS) is 1. The lowest BCUT2D eigenvalue weighted by Gasteiger charge is -2.36. The van der Waals surface area contributed by atoms with Gasteiger partial charge in [0, 0.05) is 24.2 Å². The first-order chi connectivity index (χ1) is 6.95. The van der Waals surface area contributed by atoms with Gasteiger partial charge in [-0.25, -0.2) is 0 Å². The summed E-state index contributed by atoms with van der Waals surface area (Å²) >= 11 is 0. The van der Waals surface area contributed by atoms with Crippen molar-refractivity contribution in [3.05, 3.63) is 23.0 Å². The summed E-state index contributed by atoms with van der Waals surface area (Å²) in [6, 6.07) is 1.83. The van der Waals surface area contributed by atoms with E-state index in [2.05, 4.69) is 4.98 Å². The summed E-state index contributed by atoms with van der Waals surface area (Å²) in [6.45, 7) is 3.72. The minimum Gasteiger partial charge on any atom is -0.481 e. The van der Waals surface area contributed by atoms with E-state index in [1.807, 2.05) is 19.9 Å². The van der Waals surface area contributed by atoms with Gasteiger partial charge in [0.2, 0.25) is 0 Å². The molecule has 0 radical (unpaired) electrons. The highest BCUT2D eigenvalue weighted by molar-refractivity contribution is 6.01. The number of carbonyl (C=O) groups is 2. The third-order valence-electron chi connectivity index (χ3n) is 3.07. The van der Waals surface area contributed by atoms with E-state index in [9.17, 15) is 14.7 Å². The van der Waals surface area contributed by atoms with Gasteiger partial charge in [-0.05, 0) is 25.5 Å². The van der Waals surface area contributed by atoms with E-state index in [0.717, 1.165) is 17.0 Å². The maximum Gasteiger partial charge on any atom is 0.315 e. The molecule has 1 aromatic heterocycles. The van der Waals surface area contributed by atoms with E-state index < -0.39 is 11.4 Å². The lowest BCUT2D eigenvalue weighted by atomic mass is 9.63. The number of rotatable bonds is 2. The fraction of sp³-hybridized carbons (Fsp3) is 0.455. The quantitative estimate of drug-likeness (QED) is 0.768. The Kier molecular flexibility index (Phi) is 1.96. The van der Waals surface area contributed by atoms with Crippen molar-refractivity contribution in [2.75, 3.05) is 0 Å². The molecule has 1 fully saturated rings. The molecule has 0 atom stereocenters. The summed E-state index contributed by atoms with van der Waals surface area (Å²) in [5.41, 5.74) is 1.57. The van der Waals surface area contributed by atoms with Crippen LogP contribution in [-0.2, 0) is 15.0 Å². The normalized spacial score (nSPS) is 18.7. The van der Waals surface area contributed by atoms with Crippen LogP contribution in [0.5, 0.6) is 0 Å². The van der Waals surface area contributed by atoms with E-state index in [-0.39, 0.29) is 18.6 Å². The first-order valence-corrected chi connectivity index (χ1v) is 4.87. The maximum absolute atomic E-state index is 11.2. The molecule has 2 rings (SSSR count). The molecule has 0 unspecified atom stereocenters. The van der Waals surface area contributed by atoms with Gasteiger partial charge in [0.15, 0.2) is 0 Å². The standard InChI is InChI=1S/C11H13NO3/c1-6-3-9(7(2)12-6)11(10(14)15)4-8(13)5-11/h3,12H,4-5H2,1-2H3,(H,14,15). The smallest absolute Gasteiger partial charge is 0.315 e. The molecule has 0 amide bonds. The molecule has 0 saturated heterocycles. The van der Waals surface area contributed by atoms with Gasteiger partial charge in [0.25, 0.3) is 0 Å². The third-order valence-corrected chi connectivity index (χ3v) is 3.07. The van der Waals surface area contributed by atoms with Crippen LogP contribution in [0.2, 0.25) is 0 Å². The van der Waals surface area contributed by atoms with Crippen molar-refractivity contribution in [1.82, 2.24) is 4.98 Å². The Bertz CT molecular complexity index is 437. The molecular weight excluding hydrogens is 194 g/mol. The molecule has 1 aromatic rings. The number of aryl methyl sites for hydroxylation is 2. The van der Waals surface area contributed by atoms with Crippen molar-refractivity contribution in [2.24, 2.45) is 0 Å². The predicted octanol–water partition coefficient (Wildman–Crippen LogP) is 1.32. The highest BCUT2D eigenvalue weighted by Crippen LogP contribution is 2.43. The number of aromatic nitrogens is 1. The van der Waals surface area contributed by atoms with Gasteiger partial charge >= 0.3 is 5.97 Å². The molecule has 2 N–H and O–H groups in total. The largest absolute Gasteiger partial charge is 0.481 e. The van der Waals surface area contributed by atoms with Crippen molar-refractivity contribution in [3.8, 4) is 0 Å². The van der Waals surface area contributed by atoms with Crippen molar-refractivity contribution < 1.29 is 14.7 Å². The summed E-state index contributed by atoms with van der Waals surface area (Å²) in [7, 11) is 0. The van der Waals surface area contributed by atoms with Crippen LogP contribution in [0.25, 0.3) is 0 Å². The van der Waals surface area contributed by atoms with Crippen LogP contribution in [0.4, 0.5) is 0 Å². The Morgan fingerprint density at radius 1 is 1.47 bits per heavy atom. The molecule has 0 aromatic carbocycles. The number of nitrogens with one attached hydrogen (secondary N) is 1. The lowest BCUT2D eigenvalue weighted by Crippen LogP contribution is -2.48. The number of aromatic amines is 1. The molecule has 15 heavy (non-hydrogen) atoms. The number of aliphatic carboxylic acids is 1.